The summed E-state index contributed by atoms with van der Waals surface area (Å²) >= 11 is 0. The molecule has 0 saturated carbocycles. The summed E-state index contributed by atoms with van der Waals surface area (Å²) in [6.45, 7) is 4.67. The summed E-state index contributed by atoms with van der Waals surface area (Å²) in [5.74, 6) is -1.44. The van der Waals surface area contributed by atoms with Crippen molar-refractivity contribution in [1.29, 1.82) is 0 Å². The number of ether oxygens (including phenoxy) is 1. The lowest BCUT2D eigenvalue weighted by molar-refractivity contribution is -0.139. The van der Waals surface area contributed by atoms with Crippen LogP contribution >= 0.6 is 0 Å². The Bertz CT molecular complexity index is 810. The van der Waals surface area contributed by atoms with Crippen LogP contribution in [0.25, 0.3) is 10.8 Å². The van der Waals surface area contributed by atoms with Crippen LogP contribution in [0.1, 0.15) is 12.0 Å². The van der Waals surface area contributed by atoms with E-state index < -0.39 is 11.8 Å². The quantitative estimate of drug-likeness (QED) is 0.347. The number of rotatable bonds is 6. The van der Waals surface area contributed by atoms with E-state index >= 15 is 0 Å². The second kappa shape index (κ2) is 9.80. The topological polar surface area (TPSA) is 83.0 Å². The summed E-state index contributed by atoms with van der Waals surface area (Å²) in [6, 6.07) is 13.7. The standard InChI is InChI=1S/C20H24N4O3/c25-19(21-9-4-10-24-11-13-27-14-12-24)20(26)23-22-15-17-7-3-6-16-5-1-2-8-18(16)17/h1-3,5-8,15H,4,9-14H2,(H,21,25)(H,23,26)/b22-15-. The molecule has 142 valence electrons. The van der Waals surface area contributed by atoms with Crippen LogP contribution in [0.5, 0.6) is 0 Å². The molecule has 2 amide bonds. The normalized spacial score (nSPS) is 15.1. The summed E-state index contributed by atoms with van der Waals surface area (Å²) in [7, 11) is 0. The van der Waals surface area contributed by atoms with Crippen molar-refractivity contribution in [2.75, 3.05) is 39.4 Å². The van der Waals surface area contributed by atoms with Gasteiger partial charge in [0.25, 0.3) is 0 Å². The van der Waals surface area contributed by atoms with Gasteiger partial charge in [0.2, 0.25) is 0 Å². The molecule has 0 radical (unpaired) electrons. The van der Waals surface area contributed by atoms with Gasteiger partial charge in [0.05, 0.1) is 19.4 Å². The van der Waals surface area contributed by atoms with Crippen LogP contribution < -0.4 is 10.7 Å². The highest BCUT2D eigenvalue weighted by Gasteiger charge is 2.13. The van der Waals surface area contributed by atoms with E-state index in [1.54, 1.807) is 6.21 Å². The fourth-order valence-electron chi connectivity index (χ4n) is 2.98. The maximum atomic E-state index is 11.8. The maximum Gasteiger partial charge on any atom is 0.329 e. The van der Waals surface area contributed by atoms with E-state index in [2.05, 4.69) is 20.7 Å². The van der Waals surface area contributed by atoms with Gasteiger partial charge >= 0.3 is 11.8 Å². The van der Waals surface area contributed by atoms with Crippen LogP contribution in [-0.2, 0) is 14.3 Å². The number of carbonyl (C=O) groups is 2. The van der Waals surface area contributed by atoms with E-state index in [4.69, 9.17) is 4.74 Å². The summed E-state index contributed by atoms with van der Waals surface area (Å²) in [6.07, 6.45) is 2.34. The molecule has 2 aromatic carbocycles. The molecule has 0 bridgehead atoms. The van der Waals surface area contributed by atoms with Crippen LogP contribution in [-0.4, -0.2) is 62.3 Å². The number of benzene rings is 2. The monoisotopic (exact) mass is 368 g/mol. The lowest BCUT2D eigenvalue weighted by Crippen LogP contribution is -2.40. The zero-order chi connectivity index (χ0) is 18.9. The molecule has 1 aliphatic rings. The molecule has 1 saturated heterocycles. The lowest BCUT2D eigenvalue weighted by atomic mass is 10.1. The Hall–Kier alpha value is -2.77. The van der Waals surface area contributed by atoms with Crippen molar-refractivity contribution in [2.45, 2.75) is 6.42 Å². The Labute approximate surface area is 158 Å². The number of hydrazone groups is 1. The summed E-state index contributed by atoms with van der Waals surface area (Å²) in [5, 5.41) is 8.65. The van der Waals surface area contributed by atoms with Gasteiger partial charge in [0.15, 0.2) is 0 Å². The molecule has 1 fully saturated rings. The number of fused-ring (bicyclic) bond motifs is 1. The first-order chi connectivity index (χ1) is 13.2. The third kappa shape index (κ3) is 5.60. The van der Waals surface area contributed by atoms with Gasteiger partial charge in [-0.25, -0.2) is 5.43 Å². The molecule has 0 atom stereocenters. The molecule has 1 aliphatic heterocycles. The zero-order valence-corrected chi connectivity index (χ0v) is 15.2. The number of amides is 2. The molecule has 27 heavy (non-hydrogen) atoms. The molecule has 7 nitrogen and oxygen atoms in total. The van der Waals surface area contributed by atoms with Crippen LogP contribution in [0.15, 0.2) is 47.6 Å². The molecular weight excluding hydrogens is 344 g/mol. The largest absolute Gasteiger partial charge is 0.379 e. The first-order valence-electron chi connectivity index (χ1n) is 9.13. The highest BCUT2D eigenvalue weighted by atomic mass is 16.5. The lowest BCUT2D eigenvalue weighted by Gasteiger charge is -2.26. The van der Waals surface area contributed by atoms with Crippen molar-refractivity contribution in [3.05, 3.63) is 48.0 Å². The Morgan fingerprint density at radius 1 is 1.07 bits per heavy atom. The summed E-state index contributed by atoms with van der Waals surface area (Å²) in [4.78, 5) is 25.9. The summed E-state index contributed by atoms with van der Waals surface area (Å²) < 4.78 is 5.29. The molecule has 0 aromatic heterocycles. The maximum absolute atomic E-state index is 11.8. The third-order valence-corrected chi connectivity index (χ3v) is 4.44. The second-order valence-corrected chi connectivity index (χ2v) is 6.33. The number of carbonyl (C=O) groups excluding carboxylic acids is 2. The summed E-state index contributed by atoms with van der Waals surface area (Å²) in [5.41, 5.74) is 3.15. The van der Waals surface area contributed by atoms with E-state index in [1.807, 2.05) is 42.5 Å². The molecule has 1 heterocycles. The minimum Gasteiger partial charge on any atom is -0.379 e. The molecule has 3 rings (SSSR count). The molecular formula is C20H24N4O3. The van der Waals surface area contributed by atoms with Gasteiger partial charge in [0, 0.05) is 25.2 Å². The van der Waals surface area contributed by atoms with Crippen molar-refractivity contribution >= 4 is 28.8 Å². The predicted octanol–water partition coefficient (Wildman–Crippen LogP) is 1.13. The molecule has 7 heteroatoms. The van der Waals surface area contributed by atoms with Gasteiger partial charge in [-0.2, -0.15) is 5.10 Å². The average Bonchev–Trinajstić information content (AvgIpc) is 2.72. The van der Waals surface area contributed by atoms with Crippen molar-refractivity contribution in [3.63, 3.8) is 0 Å². The first-order valence-corrected chi connectivity index (χ1v) is 9.13. The smallest absolute Gasteiger partial charge is 0.329 e. The van der Waals surface area contributed by atoms with Gasteiger partial charge in [-0.15, -0.1) is 0 Å². The van der Waals surface area contributed by atoms with Crippen LogP contribution in [0.2, 0.25) is 0 Å². The van der Waals surface area contributed by atoms with E-state index in [9.17, 15) is 9.59 Å². The average molecular weight is 368 g/mol. The number of nitrogens with one attached hydrogen (secondary N) is 2. The Balaban J connectivity index is 1.41. The van der Waals surface area contributed by atoms with Gasteiger partial charge in [0.1, 0.15) is 0 Å². The van der Waals surface area contributed by atoms with Gasteiger partial charge in [-0.1, -0.05) is 42.5 Å². The Kier molecular flexibility index (Phi) is 6.90. The highest BCUT2D eigenvalue weighted by Crippen LogP contribution is 2.16. The molecule has 2 N–H and O–H groups in total. The predicted molar refractivity (Wildman–Crippen MR) is 105 cm³/mol. The van der Waals surface area contributed by atoms with Crippen molar-refractivity contribution in [1.82, 2.24) is 15.6 Å². The fourth-order valence-corrected chi connectivity index (χ4v) is 2.98. The highest BCUT2D eigenvalue weighted by molar-refractivity contribution is 6.35. The fraction of sp³-hybridized carbons (Fsp3) is 0.350. The van der Waals surface area contributed by atoms with E-state index in [0.717, 1.165) is 55.6 Å². The second-order valence-electron chi connectivity index (χ2n) is 6.33. The van der Waals surface area contributed by atoms with Crippen LogP contribution in [0, 0.1) is 0 Å². The van der Waals surface area contributed by atoms with Crippen LogP contribution in [0.3, 0.4) is 0 Å². The minimum atomic E-state index is -0.766. The Morgan fingerprint density at radius 2 is 1.85 bits per heavy atom. The molecule has 0 spiro atoms. The number of hydrogen-bond acceptors (Lipinski definition) is 5. The zero-order valence-electron chi connectivity index (χ0n) is 15.2. The molecule has 0 aliphatic carbocycles. The third-order valence-electron chi connectivity index (χ3n) is 4.44. The number of nitrogens with zero attached hydrogens (tertiary/aromatic N) is 2. The molecule has 0 unspecified atom stereocenters. The number of hydrogen-bond donors (Lipinski definition) is 2. The van der Waals surface area contributed by atoms with E-state index in [1.165, 1.54) is 0 Å². The van der Waals surface area contributed by atoms with Gasteiger partial charge in [-0.3, -0.25) is 14.5 Å². The van der Waals surface area contributed by atoms with Gasteiger partial charge < -0.3 is 10.1 Å². The van der Waals surface area contributed by atoms with Crippen molar-refractivity contribution in [3.8, 4) is 0 Å². The van der Waals surface area contributed by atoms with E-state index in [0.29, 0.717) is 6.54 Å². The van der Waals surface area contributed by atoms with E-state index in [-0.39, 0.29) is 0 Å². The van der Waals surface area contributed by atoms with Crippen molar-refractivity contribution < 1.29 is 14.3 Å². The SMILES string of the molecule is O=C(NCCCN1CCOCC1)C(=O)N/N=C\c1cccc2ccccc12. The number of morpholine rings is 1. The minimum absolute atomic E-state index is 0.455. The van der Waals surface area contributed by atoms with Crippen LogP contribution in [0.4, 0.5) is 0 Å². The molecule has 2 aromatic rings. The van der Waals surface area contributed by atoms with Crippen molar-refractivity contribution in [2.24, 2.45) is 5.10 Å². The first kappa shape index (κ1) is 19.0. The Morgan fingerprint density at radius 3 is 2.70 bits per heavy atom. The van der Waals surface area contributed by atoms with Gasteiger partial charge in [-0.05, 0) is 23.7 Å².